The molecule has 0 radical (unpaired) electrons. The second kappa shape index (κ2) is 10.4. The van der Waals surface area contributed by atoms with Crippen molar-refractivity contribution in [2.75, 3.05) is 32.7 Å². The Hall–Kier alpha value is -2.46. The van der Waals surface area contributed by atoms with Gasteiger partial charge in [-0.3, -0.25) is 19.7 Å². The molecule has 154 valence electrons. The fourth-order valence-corrected chi connectivity index (χ4v) is 3.37. The predicted octanol–water partition coefficient (Wildman–Crippen LogP) is 1.76. The highest BCUT2D eigenvalue weighted by atomic mass is 32.2. The molecule has 2 aromatic rings. The van der Waals surface area contributed by atoms with Gasteiger partial charge in [0.25, 0.3) is 5.91 Å². The van der Waals surface area contributed by atoms with Crippen LogP contribution in [0.4, 0.5) is 4.39 Å². The Balaban J connectivity index is 1.40. The highest BCUT2D eigenvalue weighted by Crippen LogP contribution is 2.16. The number of piperazine rings is 1. The lowest BCUT2D eigenvalue weighted by molar-refractivity contribution is -0.122. The van der Waals surface area contributed by atoms with Crippen molar-refractivity contribution in [2.45, 2.75) is 11.4 Å². The molecule has 0 spiro atoms. The van der Waals surface area contributed by atoms with Gasteiger partial charge in [0.2, 0.25) is 0 Å². The van der Waals surface area contributed by atoms with E-state index < -0.39 is 5.82 Å². The van der Waals surface area contributed by atoms with Gasteiger partial charge in [-0.05, 0) is 47.8 Å². The summed E-state index contributed by atoms with van der Waals surface area (Å²) in [7, 11) is 0. The molecule has 1 aliphatic heterocycles. The Labute approximate surface area is 173 Å². The molecular formula is C20H24FN5O2S. The van der Waals surface area contributed by atoms with Gasteiger partial charge in [0.15, 0.2) is 0 Å². The van der Waals surface area contributed by atoms with E-state index in [9.17, 15) is 14.3 Å². The molecule has 3 rings (SSSR count). The molecule has 0 bridgehead atoms. The Morgan fingerprint density at radius 2 is 1.86 bits per heavy atom. The molecule has 0 saturated carbocycles. The number of carbonyl (C=O) groups is 1. The van der Waals surface area contributed by atoms with E-state index in [0.29, 0.717) is 0 Å². The van der Waals surface area contributed by atoms with Crippen molar-refractivity contribution in [3.63, 3.8) is 0 Å². The van der Waals surface area contributed by atoms with E-state index in [2.05, 4.69) is 32.5 Å². The van der Waals surface area contributed by atoms with Gasteiger partial charge in [-0.25, -0.2) is 9.82 Å². The second-order valence-electron chi connectivity index (χ2n) is 6.81. The summed E-state index contributed by atoms with van der Waals surface area (Å²) in [5.74, 6) is -0.833. The van der Waals surface area contributed by atoms with Gasteiger partial charge in [-0.15, -0.1) is 0 Å². The van der Waals surface area contributed by atoms with Crippen molar-refractivity contribution in [3.8, 4) is 5.75 Å². The number of hydrogen-bond donors (Lipinski definition) is 3. The Morgan fingerprint density at radius 1 is 1.17 bits per heavy atom. The average molecular weight is 418 g/mol. The molecule has 1 aliphatic rings. The van der Waals surface area contributed by atoms with Crippen molar-refractivity contribution in [1.29, 1.82) is 0 Å². The lowest BCUT2D eigenvalue weighted by Crippen LogP contribution is -2.48. The van der Waals surface area contributed by atoms with E-state index in [1.165, 1.54) is 29.8 Å². The summed E-state index contributed by atoms with van der Waals surface area (Å²) in [5.41, 5.74) is 3.86. The number of benzene rings is 2. The van der Waals surface area contributed by atoms with Gasteiger partial charge in [-0.2, -0.15) is 5.10 Å². The maximum absolute atomic E-state index is 13.2. The minimum atomic E-state index is -0.484. The van der Waals surface area contributed by atoms with Crippen molar-refractivity contribution >= 4 is 24.1 Å². The lowest BCUT2D eigenvalue weighted by atomic mass is 10.2. The highest BCUT2D eigenvalue weighted by molar-refractivity contribution is 7.97. The van der Waals surface area contributed by atoms with E-state index >= 15 is 0 Å². The maximum atomic E-state index is 13.2. The molecule has 1 amide bonds. The summed E-state index contributed by atoms with van der Waals surface area (Å²) >= 11 is 1.24. The van der Waals surface area contributed by atoms with Gasteiger partial charge in [0, 0.05) is 43.2 Å². The topological polar surface area (TPSA) is 94.2 Å². The van der Waals surface area contributed by atoms with Crippen molar-refractivity contribution in [2.24, 2.45) is 10.2 Å². The van der Waals surface area contributed by atoms with E-state index in [-0.39, 0.29) is 23.8 Å². The Kier molecular flexibility index (Phi) is 7.59. The van der Waals surface area contributed by atoms with Crippen LogP contribution in [0.15, 0.2) is 52.5 Å². The smallest absolute Gasteiger partial charge is 0.254 e. The SMILES string of the molecule is NSc1ccc(CN2CCN(CC(=O)N/N=C/c3cc(F)ccc3O)CC2)cc1. The molecule has 29 heavy (non-hydrogen) atoms. The van der Waals surface area contributed by atoms with E-state index in [0.717, 1.165) is 49.8 Å². The molecule has 0 aliphatic carbocycles. The third-order valence-electron chi connectivity index (χ3n) is 4.68. The van der Waals surface area contributed by atoms with Crippen LogP contribution >= 0.6 is 11.9 Å². The quantitative estimate of drug-likeness (QED) is 0.361. The zero-order valence-corrected chi connectivity index (χ0v) is 16.7. The fraction of sp³-hybridized carbons (Fsp3) is 0.300. The van der Waals surface area contributed by atoms with E-state index in [1.807, 2.05) is 12.1 Å². The minimum absolute atomic E-state index is 0.100. The molecule has 9 heteroatoms. The molecule has 7 nitrogen and oxygen atoms in total. The number of aromatic hydroxyl groups is 1. The number of nitrogens with zero attached hydrogens (tertiary/aromatic N) is 3. The summed E-state index contributed by atoms with van der Waals surface area (Å²) in [4.78, 5) is 17.5. The number of halogens is 1. The van der Waals surface area contributed by atoms with Crippen LogP contribution in [-0.2, 0) is 11.3 Å². The first-order valence-electron chi connectivity index (χ1n) is 9.24. The van der Waals surface area contributed by atoms with E-state index in [1.54, 1.807) is 0 Å². The number of phenols is 1. The Bertz CT molecular complexity index is 854. The number of carbonyl (C=O) groups excluding carboxylic acids is 1. The Morgan fingerprint density at radius 3 is 2.55 bits per heavy atom. The molecule has 1 fully saturated rings. The summed E-state index contributed by atoms with van der Waals surface area (Å²) in [5, 5.41) is 19.0. The van der Waals surface area contributed by atoms with Crippen LogP contribution in [0.1, 0.15) is 11.1 Å². The van der Waals surface area contributed by atoms with Crippen LogP contribution in [0.2, 0.25) is 0 Å². The van der Waals surface area contributed by atoms with Crippen LogP contribution < -0.4 is 10.6 Å². The van der Waals surface area contributed by atoms with Gasteiger partial charge >= 0.3 is 0 Å². The monoisotopic (exact) mass is 417 g/mol. The van der Waals surface area contributed by atoms with Crippen LogP contribution in [0.5, 0.6) is 5.75 Å². The number of phenolic OH excluding ortho intramolecular Hbond substituents is 1. The standard InChI is InChI=1S/C20H24FN5O2S/c21-17-3-6-19(27)16(11-17)12-23-24-20(28)14-26-9-7-25(8-10-26)13-15-1-4-18(29-22)5-2-15/h1-6,11-12,27H,7-10,13-14,22H2,(H,24,28)/b23-12+. The molecule has 1 heterocycles. The first kappa shape index (κ1) is 21.3. The third kappa shape index (κ3) is 6.53. The summed E-state index contributed by atoms with van der Waals surface area (Å²) in [6, 6.07) is 11.7. The van der Waals surface area contributed by atoms with Crippen LogP contribution in [0.3, 0.4) is 0 Å². The predicted molar refractivity (Wildman–Crippen MR) is 112 cm³/mol. The van der Waals surface area contributed by atoms with Gasteiger partial charge < -0.3 is 5.11 Å². The number of rotatable bonds is 7. The zero-order valence-electron chi connectivity index (χ0n) is 15.9. The number of nitrogens with two attached hydrogens (primary N) is 1. The zero-order chi connectivity index (χ0) is 20.6. The van der Waals surface area contributed by atoms with Gasteiger partial charge in [0.1, 0.15) is 11.6 Å². The molecular weight excluding hydrogens is 393 g/mol. The number of hydrazone groups is 1. The molecule has 0 aromatic heterocycles. The molecule has 0 atom stereocenters. The van der Waals surface area contributed by atoms with Crippen LogP contribution in [-0.4, -0.2) is 59.8 Å². The maximum Gasteiger partial charge on any atom is 0.254 e. The minimum Gasteiger partial charge on any atom is -0.507 e. The van der Waals surface area contributed by atoms with Crippen LogP contribution in [0, 0.1) is 5.82 Å². The largest absolute Gasteiger partial charge is 0.507 e. The van der Waals surface area contributed by atoms with Gasteiger partial charge in [-0.1, -0.05) is 12.1 Å². The summed E-state index contributed by atoms with van der Waals surface area (Å²) in [6.07, 6.45) is 1.22. The molecule has 0 unspecified atom stereocenters. The second-order valence-corrected chi connectivity index (χ2v) is 7.52. The number of amides is 1. The van der Waals surface area contributed by atoms with Crippen molar-refractivity contribution in [1.82, 2.24) is 15.2 Å². The summed E-state index contributed by atoms with van der Waals surface area (Å²) < 4.78 is 13.2. The van der Waals surface area contributed by atoms with Crippen LogP contribution in [0.25, 0.3) is 0 Å². The molecule has 4 N–H and O–H groups in total. The normalized spacial score (nSPS) is 15.7. The lowest BCUT2D eigenvalue weighted by Gasteiger charge is -2.34. The average Bonchev–Trinajstić information content (AvgIpc) is 2.72. The molecule has 1 saturated heterocycles. The van der Waals surface area contributed by atoms with Crippen molar-refractivity contribution < 1.29 is 14.3 Å². The number of nitrogens with one attached hydrogen (secondary N) is 1. The van der Waals surface area contributed by atoms with E-state index in [4.69, 9.17) is 5.14 Å². The number of hydrogen-bond acceptors (Lipinski definition) is 7. The first-order chi connectivity index (χ1) is 14.0. The summed E-state index contributed by atoms with van der Waals surface area (Å²) in [6.45, 7) is 4.44. The highest BCUT2D eigenvalue weighted by Gasteiger charge is 2.18. The fourth-order valence-electron chi connectivity index (χ4n) is 3.08. The third-order valence-corrected chi connectivity index (χ3v) is 5.22. The molecule has 2 aromatic carbocycles. The van der Waals surface area contributed by atoms with Crippen molar-refractivity contribution in [3.05, 3.63) is 59.4 Å². The first-order valence-corrected chi connectivity index (χ1v) is 10.1. The van der Waals surface area contributed by atoms with Gasteiger partial charge in [0.05, 0.1) is 12.8 Å².